The average molecular weight is 283 g/mol. The number of halogens is 1. The molecule has 3 heteroatoms. The lowest BCUT2D eigenvalue weighted by Crippen LogP contribution is -2.35. The Hall–Kier alpha value is -0.540. The van der Waals surface area contributed by atoms with E-state index in [1.165, 1.54) is 12.8 Å². The SMILES string of the molecule is CCCCCSc1c(F)cccc1CNC(C)(C)C. The molecular formula is C16H26FNS. The topological polar surface area (TPSA) is 12.0 Å². The Kier molecular flexibility index (Phi) is 6.87. The zero-order chi connectivity index (χ0) is 14.3. The zero-order valence-electron chi connectivity index (χ0n) is 12.6. The molecule has 0 saturated heterocycles. The average Bonchev–Trinajstić information content (AvgIpc) is 2.33. The van der Waals surface area contributed by atoms with Crippen molar-refractivity contribution in [1.82, 2.24) is 5.32 Å². The summed E-state index contributed by atoms with van der Waals surface area (Å²) in [6.45, 7) is 9.28. The third kappa shape index (κ3) is 6.44. The monoisotopic (exact) mass is 283 g/mol. The van der Waals surface area contributed by atoms with Gasteiger partial charge in [0.05, 0.1) is 0 Å². The minimum atomic E-state index is -0.0882. The van der Waals surface area contributed by atoms with Crippen LogP contribution in [-0.4, -0.2) is 11.3 Å². The second kappa shape index (κ2) is 7.91. The van der Waals surface area contributed by atoms with Gasteiger partial charge in [-0.25, -0.2) is 4.39 Å². The molecule has 0 bridgehead atoms. The van der Waals surface area contributed by atoms with Crippen LogP contribution < -0.4 is 5.32 Å². The first kappa shape index (κ1) is 16.5. The van der Waals surface area contributed by atoms with Gasteiger partial charge in [-0.05, 0) is 44.6 Å². The van der Waals surface area contributed by atoms with Gasteiger partial charge in [0.25, 0.3) is 0 Å². The maximum absolute atomic E-state index is 13.9. The van der Waals surface area contributed by atoms with Gasteiger partial charge in [0.15, 0.2) is 0 Å². The van der Waals surface area contributed by atoms with Crippen LogP contribution in [0.2, 0.25) is 0 Å². The molecule has 0 fully saturated rings. The summed E-state index contributed by atoms with van der Waals surface area (Å²) in [7, 11) is 0. The molecule has 0 aromatic heterocycles. The largest absolute Gasteiger partial charge is 0.308 e. The molecule has 1 nitrogen and oxygen atoms in total. The molecule has 0 aliphatic carbocycles. The van der Waals surface area contributed by atoms with E-state index in [9.17, 15) is 4.39 Å². The molecule has 0 aliphatic rings. The van der Waals surface area contributed by atoms with Crippen LogP contribution in [0.1, 0.15) is 52.5 Å². The number of hydrogen-bond acceptors (Lipinski definition) is 2. The Morgan fingerprint density at radius 3 is 2.58 bits per heavy atom. The molecule has 0 radical (unpaired) electrons. The Labute approximate surface area is 121 Å². The third-order valence-electron chi connectivity index (χ3n) is 2.85. The lowest BCUT2D eigenvalue weighted by Gasteiger charge is -2.21. The van der Waals surface area contributed by atoms with Gasteiger partial charge in [0.1, 0.15) is 5.82 Å². The Bertz CT molecular complexity index is 385. The highest BCUT2D eigenvalue weighted by atomic mass is 32.2. The molecule has 0 heterocycles. The van der Waals surface area contributed by atoms with E-state index in [2.05, 4.69) is 33.0 Å². The summed E-state index contributed by atoms with van der Waals surface area (Å²) in [5.41, 5.74) is 1.12. The summed E-state index contributed by atoms with van der Waals surface area (Å²) in [4.78, 5) is 0.815. The number of thioether (sulfide) groups is 1. The van der Waals surface area contributed by atoms with Crippen LogP contribution in [0, 0.1) is 5.82 Å². The third-order valence-corrected chi connectivity index (χ3v) is 4.09. The van der Waals surface area contributed by atoms with Crippen LogP contribution in [0.5, 0.6) is 0 Å². The van der Waals surface area contributed by atoms with E-state index in [-0.39, 0.29) is 11.4 Å². The van der Waals surface area contributed by atoms with Crippen molar-refractivity contribution in [2.75, 3.05) is 5.75 Å². The molecule has 0 aliphatic heterocycles. The Balaban J connectivity index is 2.66. The van der Waals surface area contributed by atoms with E-state index < -0.39 is 0 Å². The molecule has 0 saturated carbocycles. The predicted octanol–water partition coefficient (Wildman–Crippen LogP) is 5.00. The number of nitrogens with one attached hydrogen (secondary N) is 1. The van der Waals surface area contributed by atoms with Gasteiger partial charge in [0.2, 0.25) is 0 Å². The highest BCUT2D eigenvalue weighted by Crippen LogP contribution is 2.27. The maximum atomic E-state index is 13.9. The molecule has 0 atom stereocenters. The molecule has 0 amide bonds. The van der Waals surface area contributed by atoms with Crippen molar-refractivity contribution in [2.24, 2.45) is 0 Å². The lowest BCUT2D eigenvalue weighted by atomic mass is 10.1. The summed E-state index contributed by atoms with van der Waals surface area (Å²) < 4.78 is 13.9. The van der Waals surface area contributed by atoms with Gasteiger partial charge >= 0.3 is 0 Å². The van der Waals surface area contributed by atoms with E-state index in [0.717, 1.165) is 29.2 Å². The fourth-order valence-corrected chi connectivity index (χ4v) is 2.83. The van der Waals surface area contributed by atoms with Crippen LogP contribution >= 0.6 is 11.8 Å². The zero-order valence-corrected chi connectivity index (χ0v) is 13.4. The fraction of sp³-hybridized carbons (Fsp3) is 0.625. The highest BCUT2D eigenvalue weighted by molar-refractivity contribution is 7.99. The quantitative estimate of drug-likeness (QED) is 0.558. The van der Waals surface area contributed by atoms with Gasteiger partial charge in [-0.15, -0.1) is 11.8 Å². The van der Waals surface area contributed by atoms with E-state index in [1.54, 1.807) is 23.9 Å². The number of unbranched alkanes of at least 4 members (excludes halogenated alkanes) is 2. The molecular weight excluding hydrogens is 257 g/mol. The van der Waals surface area contributed by atoms with Gasteiger partial charge < -0.3 is 5.32 Å². The smallest absolute Gasteiger partial charge is 0.137 e. The first-order valence-electron chi connectivity index (χ1n) is 7.09. The minimum absolute atomic E-state index is 0.0520. The van der Waals surface area contributed by atoms with E-state index in [1.807, 2.05) is 6.07 Å². The molecule has 1 N–H and O–H groups in total. The van der Waals surface area contributed by atoms with Gasteiger partial charge in [-0.3, -0.25) is 0 Å². The molecule has 0 spiro atoms. The summed E-state index contributed by atoms with van der Waals surface area (Å²) >= 11 is 1.65. The van der Waals surface area contributed by atoms with Crippen LogP contribution in [0.25, 0.3) is 0 Å². The number of rotatable bonds is 7. The predicted molar refractivity (Wildman–Crippen MR) is 83.2 cm³/mol. The highest BCUT2D eigenvalue weighted by Gasteiger charge is 2.13. The van der Waals surface area contributed by atoms with Crippen molar-refractivity contribution >= 4 is 11.8 Å². The second-order valence-electron chi connectivity index (χ2n) is 5.89. The molecule has 1 rings (SSSR count). The summed E-state index contributed by atoms with van der Waals surface area (Å²) in [5, 5.41) is 3.43. The number of benzene rings is 1. The van der Waals surface area contributed by atoms with Gasteiger partial charge in [0, 0.05) is 17.0 Å². The van der Waals surface area contributed by atoms with E-state index in [0.29, 0.717) is 0 Å². The van der Waals surface area contributed by atoms with E-state index in [4.69, 9.17) is 0 Å². The van der Waals surface area contributed by atoms with Crippen LogP contribution in [-0.2, 0) is 6.54 Å². The van der Waals surface area contributed by atoms with Gasteiger partial charge in [-0.1, -0.05) is 31.9 Å². The van der Waals surface area contributed by atoms with E-state index >= 15 is 0 Å². The first-order chi connectivity index (χ1) is 8.94. The van der Waals surface area contributed by atoms with Crippen molar-refractivity contribution in [1.29, 1.82) is 0 Å². The van der Waals surface area contributed by atoms with Gasteiger partial charge in [-0.2, -0.15) is 0 Å². The summed E-state index contributed by atoms with van der Waals surface area (Å²) in [5.74, 6) is 0.909. The standard InChI is InChI=1S/C16H26FNS/c1-5-6-7-11-19-15-13(9-8-10-14(15)17)12-18-16(2,3)4/h8-10,18H,5-7,11-12H2,1-4H3. The van der Waals surface area contributed by atoms with Crippen molar-refractivity contribution in [3.05, 3.63) is 29.6 Å². The lowest BCUT2D eigenvalue weighted by molar-refractivity contribution is 0.421. The Morgan fingerprint density at radius 1 is 1.21 bits per heavy atom. The first-order valence-corrected chi connectivity index (χ1v) is 8.08. The normalized spacial score (nSPS) is 11.8. The molecule has 19 heavy (non-hydrogen) atoms. The fourth-order valence-electron chi connectivity index (χ4n) is 1.74. The van der Waals surface area contributed by atoms with Crippen molar-refractivity contribution < 1.29 is 4.39 Å². The summed E-state index contributed by atoms with van der Waals surface area (Å²) in [6, 6.07) is 5.37. The second-order valence-corrected chi connectivity index (χ2v) is 6.99. The Morgan fingerprint density at radius 2 is 1.95 bits per heavy atom. The molecule has 0 unspecified atom stereocenters. The van der Waals surface area contributed by atoms with Crippen LogP contribution in [0.15, 0.2) is 23.1 Å². The van der Waals surface area contributed by atoms with Crippen molar-refractivity contribution in [3.8, 4) is 0 Å². The minimum Gasteiger partial charge on any atom is -0.308 e. The maximum Gasteiger partial charge on any atom is 0.137 e. The number of hydrogen-bond donors (Lipinski definition) is 1. The molecule has 1 aromatic carbocycles. The molecule has 1 aromatic rings. The van der Waals surface area contributed by atoms with Crippen LogP contribution in [0.3, 0.4) is 0 Å². The summed E-state index contributed by atoms with van der Waals surface area (Å²) in [6.07, 6.45) is 3.58. The van der Waals surface area contributed by atoms with Crippen molar-refractivity contribution in [2.45, 2.75) is 63.9 Å². The van der Waals surface area contributed by atoms with Crippen molar-refractivity contribution in [3.63, 3.8) is 0 Å². The molecule has 108 valence electrons. The van der Waals surface area contributed by atoms with Crippen LogP contribution in [0.4, 0.5) is 4.39 Å².